The van der Waals surface area contributed by atoms with Crippen LogP contribution in [0.4, 0.5) is 0 Å². The lowest BCUT2D eigenvalue weighted by Crippen LogP contribution is -2.50. The number of nitrogens with one attached hydrogen (secondary N) is 2. The second-order valence-corrected chi connectivity index (χ2v) is 5.90. The third-order valence-corrected chi connectivity index (χ3v) is 3.33. The van der Waals surface area contributed by atoms with E-state index in [-0.39, 0.29) is 11.5 Å². The zero-order chi connectivity index (χ0) is 12.8. The van der Waals surface area contributed by atoms with Crippen LogP contribution in [0, 0.1) is 0 Å². The predicted molar refractivity (Wildman–Crippen MR) is 72.1 cm³/mol. The molecule has 4 heteroatoms. The Morgan fingerprint density at radius 1 is 1.33 bits per heavy atom. The van der Waals surface area contributed by atoms with Crippen LogP contribution in [0.1, 0.15) is 26.3 Å². The summed E-state index contributed by atoms with van der Waals surface area (Å²) in [5, 5.41) is 4.35. The Hall–Kier alpha value is -1.55. The van der Waals surface area contributed by atoms with Gasteiger partial charge < -0.3 is 15.0 Å². The van der Waals surface area contributed by atoms with Gasteiger partial charge in [0.2, 0.25) is 5.88 Å². The van der Waals surface area contributed by atoms with E-state index in [4.69, 9.17) is 4.74 Å². The van der Waals surface area contributed by atoms with Gasteiger partial charge in [0, 0.05) is 30.2 Å². The summed E-state index contributed by atoms with van der Waals surface area (Å²) in [7, 11) is 0. The molecule has 0 atom stereocenters. The molecule has 0 bridgehead atoms. The van der Waals surface area contributed by atoms with E-state index in [1.807, 2.05) is 12.3 Å². The van der Waals surface area contributed by atoms with Crippen LogP contribution < -0.4 is 10.1 Å². The highest BCUT2D eigenvalue weighted by atomic mass is 16.5. The fourth-order valence-corrected chi connectivity index (χ4v) is 2.10. The van der Waals surface area contributed by atoms with E-state index in [9.17, 15) is 0 Å². The Balaban J connectivity index is 2.06. The van der Waals surface area contributed by atoms with E-state index in [0.717, 1.165) is 30.0 Å². The normalized spacial score (nSPS) is 16.8. The summed E-state index contributed by atoms with van der Waals surface area (Å²) >= 11 is 0. The first-order chi connectivity index (χ1) is 8.54. The number of ether oxygens (including phenoxy) is 1. The van der Waals surface area contributed by atoms with E-state index in [2.05, 4.69) is 42.1 Å². The zero-order valence-corrected chi connectivity index (χ0v) is 11.1. The summed E-state index contributed by atoms with van der Waals surface area (Å²) in [5.41, 5.74) is 2.09. The van der Waals surface area contributed by atoms with Gasteiger partial charge >= 0.3 is 0 Å². The Morgan fingerprint density at radius 2 is 2.11 bits per heavy atom. The van der Waals surface area contributed by atoms with Crippen molar-refractivity contribution in [2.75, 3.05) is 13.1 Å². The topological polar surface area (TPSA) is 49.9 Å². The number of fused-ring (bicyclic) bond motifs is 1. The van der Waals surface area contributed by atoms with Crippen molar-refractivity contribution in [1.29, 1.82) is 0 Å². The fourth-order valence-electron chi connectivity index (χ4n) is 2.10. The summed E-state index contributed by atoms with van der Waals surface area (Å²) in [5.74, 6) is 0.768. The molecular formula is C14H19N3O. The number of rotatable bonds is 2. The standard InChI is InChI=1S/C14H19N3O/c1-14(2,3)11-6-9-4-5-16-12(9)17-13(11)18-10-7-15-8-10/h4-6,10,15H,7-8H2,1-3H3,(H,16,17). The summed E-state index contributed by atoms with van der Waals surface area (Å²) in [6, 6.07) is 4.23. The lowest BCUT2D eigenvalue weighted by Gasteiger charge is -2.30. The van der Waals surface area contributed by atoms with Crippen molar-refractivity contribution in [2.24, 2.45) is 0 Å². The lowest BCUT2D eigenvalue weighted by atomic mass is 9.87. The summed E-state index contributed by atoms with van der Waals surface area (Å²) in [6.07, 6.45) is 2.17. The highest BCUT2D eigenvalue weighted by molar-refractivity contribution is 5.77. The molecule has 4 nitrogen and oxygen atoms in total. The van der Waals surface area contributed by atoms with Crippen LogP contribution in [0.15, 0.2) is 18.3 Å². The maximum Gasteiger partial charge on any atom is 0.219 e. The molecule has 1 saturated heterocycles. The smallest absolute Gasteiger partial charge is 0.219 e. The van der Waals surface area contributed by atoms with Crippen molar-refractivity contribution in [2.45, 2.75) is 32.3 Å². The van der Waals surface area contributed by atoms with Crippen molar-refractivity contribution in [3.05, 3.63) is 23.9 Å². The monoisotopic (exact) mass is 245 g/mol. The van der Waals surface area contributed by atoms with Gasteiger partial charge in [-0.3, -0.25) is 0 Å². The van der Waals surface area contributed by atoms with Gasteiger partial charge in [0.15, 0.2) is 0 Å². The van der Waals surface area contributed by atoms with Crippen LogP contribution in [0.2, 0.25) is 0 Å². The SMILES string of the molecule is CC(C)(C)c1cc2cc[nH]c2nc1OC1CNC1. The number of H-pyrrole nitrogens is 1. The minimum absolute atomic E-state index is 0.0327. The van der Waals surface area contributed by atoms with Crippen molar-refractivity contribution in [3.8, 4) is 5.88 Å². The third-order valence-electron chi connectivity index (χ3n) is 3.33. The third kappa shape index (κ3) is 1.97. The number of pyridine rings is 1. The van der Waals surface area contributed by atoms with Gasteiger partial charge in [-0.05, 0) is 17.5 Å². The molecule has 1 fully saturated rings. The van der Waals surface area contributed by atoms with Gasteiger partial charge in [-0.25, -0.2) is 0 Å². The molecule has 18 heavy (non-hydrogen) atoms. The lowest BCUT2D eigenvalue weighted by molar-refractivity contribution is 0.133. The first-order valence-corrected chi connectivity index (χ1v) is 6.40. The first-order valence-electron chi connectivity index (χ1n) is 6.40. The minimum atomic E-state index is 0.0327. The van der Waals surface area contributed by atoms with Gasteiger partial charge in [-0.15, -0.1) is 0 Å². The van der Waals surface area contributed by atoms with Crippen LogP contribution in [0.5, 0.6) is 5.88 Å². The van der Waals surface area contributed by atoms with Crippen molar-refractivity contribution >= 4 is 11.0 Å². The van der Waals surface area contributed by atoms with Gasteiger partial charge in [0.1, 0.15) is 11.8 Å². The molecule has 2 aromatic heterocycles. The molecule has 0 amide bonds. The van der Waals surface area contributed by atoms with Crippen molar-refractivity contribution in [1.82, 2.24) is 15.3 Å². The minimum Gasteiger partial charge on any atom is -0.471 e. The largest absolute Gasteiger partial charge is 0.471 e. The first kappa shape index (κ1) is 11.5. The quantitative estimate of drug-likeness (QED) is 0.853. The molecule has 1 aliphatic rings. The summed E-state index contributed by atoms with van der Waals surface area (Å²) in [6.45, 7) is 8.39. The second-order valence-electron chi connectivity index (χ2n) is 5.90. The Morgan fingerprint density at radius 3 is 2.72 bits per heavy atom. The number of hydrogen-bond acceptors (Lipinski definition) is 3. The number of aromatic nitrogens is 2. The summed E-state index contributed by atoms with van der Waals surface area (Å²) < 4.78 is 5.99. The molecule has 0 spiro atoms. The van der Waals surface area contributed by atoms with Gasteiger partial charge in [0.25, 0.3) is 0 Å². The fraction of sp³-hybridized carbons (Fsp3) is 0.500. The van der Waals surface area contributed by atoms with Gasteiger partial charge in [-0.1, -0.05) is 20.8 Å². The van der Waals surface area contributed by atoms with Gasteiger partial charge in [0.05, 0.1) is 0 Å². The van der Waals surface area contributed by atoms with Crippen LogP contribution in [-0.4, -0.2) is 29.2 Å². The van der Waals surface area contributed by atoms with E-state index >= 15 is 0 Å². The Kier molecular flexibility index (Phi) is 2.55. The van der Waals surface area contributed by atoms with E-state index in [1.54, 1.807) is 0 Å². The Bertz CT molecular complexity index is 564. The molecule has 2 aromatic rings. The highest BCUT2D eigenvalue weighted by Gasteiger charge is 2.25. The van der Waals surface area contributed by atoms with Crippen molar-refractivity contribution < 1.29 is 4.74 Å². The molecule has 0 aliphatic carbocycles. The number of hydrogen-bond donors (Lipinski definition) is 2. The average molecular weight is 245 g/mol. The van der Waals surface area contributed by atoms with Crippen LogP contribution in [0.3, 0.4) is 0 Å². The molecule has 0 saturated carbocycles. The van der Waals surface area contributed by atoms with Crippen LogP contribution >= 0.6 is 0 Å². The molecule has 3 rings (SSSR count). The van der Waals surface area contributed by atoms with E-state index in [1.165, 1.54) is 5.56 Å². The molecule has 0 unspecified atom stereocenters. The van der Waals surface area contributed by atoms with Crippen LogP contribution in [0.25, 0.3) is 11.0 Å². The van der Waals surface area contributed by atoms with Crippen LogP contribution in [-0.2, 0) is 5.41 Å². The number of aromatic amines is 1. The number of nitrogens with zero attached hydrogens (tertiary/aromatic N) is 1. The Labute approximate surface area is 107 Å². The van der Waals surface area contributed by atoms with Gasteiger partial charge in [-0.2, -0.15) is 4.98 Å². The predicted octanol–water partition coefficient (Wildman–Crippen LogP) is 2.21. The maximum absolute atomic E-state index is 5.99. The molecule has 0 aromatic carbocycles. The molecule has 3 heterocycles. The molecule has 96 valence electrons. The summed E-state index contributed by atoms with van der Waals surface area (Å²) in [4.78, 5) is 7.76. The zero-order valence-electron chi connectivity index (χ0n) is 11.1. The van der Waals surface area contributed by atoms with E-state index in [0.29, 0.717) is 0 Å². The van der Waals surface area contributed by atoms with Crippen molar-refractivity contribution in [3.63, 3.8) is 0 Å². The second kappa shape index (κ2) is 3.99. The molecular weight excluding hydrogens is 226 g/mol. The molecule has 1 aliphatic heterocycles. The van der Waals surface area contributed by atoms with E-state index < -0.39 is 0 Å². The molecule has 0 radical (unpaired) electrons. The maximum atomic E-state index is 5.99. The average Bonchev–Trinajstić information content (AvgIpc) is 2.67. The highest BCUT2D eigenvalue weighted by Crippen LogP contribution is 2.33. The molecule has 2 N–H and O–H groups in total.